The summed E-state index contributed by atoms with van der Waals surface area (Å²) in [7, 11) is 1.48. The van der Waals surface area contributed by atoms with Crippen LogP contribution in [0.15, 0.2) is 36.4 Å². The van der Waals surface area contributed by atoms with Gasteiger partial charge in [-0.15, -0.1) is 0 Å². The number of amides is 1. The number of rotatable bonds is 9. The molecular formula is C21H22ClFNNaO5. The normalized spacial score (nSPS) is 11.5. The van der Waals surface area contributed by atoms with Gasteiger partial charge in [0.1, 0.15) is 17.7 Å². The SMILES string of the molecule is COc1ccc(CC(OC(C)C)C(=O)[O-])cc1CNC(=O)c1ccc(Cl)cc1F.[Na+]. The van der Waals surface area contributed by atoms with Crippen LogP contribution in [0.3, 0.4) is 0 Å². The molecule has 9 heteroatoms. The number of halogens is 2. The van der Waals surface area contributed by atoms with E-state index in [1.54, 1.807) is 32.0 Å². The van der Waals surface area contributed by atoms with E-state index in [2.05, 4.69) is 5.32 Å². The number of hydrogen-bond acceptors (Lipinski definition) is 5. The number of methoxy groups -OCH3 is 1. The Morgan fingerprint density at radius 1 is 1.20 bits per heavy atom. The molecule has 0 heterocycles. The smallest absolute Gasteiger partial charge is 0.547 e. The molecule has 0 aliphatic rings. The van der Waals surface area contributed by atoms with Crippen LogP contribution in [0.4, 0.5) is 4.39 Å². The molecule has 0 saturated carbocycles. The molecule has 0 aliphatic heterocycles. The average molecular weight is 446 g/mol. The van der Waals surface area contributed by atoms with Crippen LogP contribution in [0.1, 0.15) is 35.3 Å². The van der Waals surface area contributed by atoms with Gasteiger partial charge in [-0.1, -0.05) is 23.7 Å². The van der Waals surface area contributed by atoms with E-state index < -0.39 is 23.8 Å². The maximum absolute atomic E-state index is 13.9. The van der Waals surface area contributed by atoms with E-state index in [9.17, 15) is 19.1 Å². The molecule has 0 aromatic heterocycles. The second kappa shape index (κ2) is 12.3. The maximum Gasteiger partial charge on any atom is 1.00 e. The number of carboxylic acids is 1. The van der Waals surface area contributed by atoms with E-state index in [4.69, 9.17) is 21.1 Å². The summed E-state index contributed by atoms with van der Waals surface area (Å²) in [6.45, 7) is 3.53. The van der Waals surface area contributed by atoms with Crippen LogP contribution < -0.4 is 44.7 Å². The van der Waals surface area contributed by atoms with Crippen LogP contribution in [0, 0.1) is 5.82 Å². The minimum absolute atomic E-state index is 0. The van der Waals surface area contributed by atoms with E-state index in [1.165, 1.54) is 19.2 Å². The fraction of sp³-hybridized carbons (Fsp3) is 0.333. The van der Waals surface area contributed by atoms with Crippen molar-refractivity contribution >= 4 is 23.5 Å². The molecule has 0 bridgehead atoms. The fourth-order valence-electron chi connectivity index (χ4n) is 2.77. The van der Waals surface area contributed by atoms with Crippen molar-refractivity contribution in [2.75, 3.05) is 7.11 Å². The summed E-state index contributed by atoms with van der Waals surface area (Å²) in [6, 6.07) is 8.87. The first kappa shape index (κ1) is 26.4. The van der Waals surface area contributed by atoms with Crippen molar-refractivity contribution in [3.8, 4) is 5.75 Å². The van der Waals surface area contributed by atoms with Gasteiger partial charge in [-0.2, -0.15) is 0 Å². The molecule has 1 N–H and O–H groups in total. The molecule has 1 atom stereocenters. The van der Waals surface area contributed by atoms with Gasteiger partial charge in [-0.25, -0.2) is 4.39 Å². The molecule has 1 unspecified atom stereocenters. The Morgan fingerprint density at radius 3 is 2.47 bits per heavy atom. The van der Waals surface area contributed by atoms with Gasteiger partial charge < -0.3 is 24.7 Å². The maximum atomic E-state index is 13.9. The number of aliphatic carboxylic acids is 1. The van der Waals surface area contributed by atoms with E-state index in [-0.39, 0.29) is 59.2 Å². The van der Waals surface area contributed by atoms with Crippen molar-refractivity contribution in [1.29, 1.82) is 0 Å². The number of benzene rings is 2. The molecule has 0 radical (unpaired) electrons. The van der Waals surface area contributed by atoms with Gasteiger partial charge in [0, 0.05) is 23.6 Å². The van der Waals surface area contributed by atoms with Crippen molar-refractivity contribution < 1.29 is 58.1 Å². The third-order valence-electron chi connectivity index (χ3n) is 4.08. The standard InChI is InChI=1S/C21H23ClFNO5.Na/c1-12(2)29-19(21(26)27)9-13-4-7-18(28-3)14(8-13)11-24-20(25)16-6-5-15(22)10-17(16)23;/h4-8,10,12,19H,9,11H2,1-3H3,(H,24,25)(H,26,27);/q;+1/p-1. The average Bonchev–Trinajstić information content (AvgIpc) is 2.65. The predicted octanol–water partition coefficient (Wildman–Crippen LogP) is -0.492. The topological polar surface area (TPSA) is 87.7 Å². The largest absolute Gasteiger partial charge is 1.00 e. The van der Waals surface area contributed by atoms with Crippen LogP contribution in [0.25, 0.3) is 0 Å². The summed E-state index contributed by atoms with van der Waals surface area (Å²) in [5.74, 6) is -2.14. The zero-order valence-electron chi connectivity index (χ0n) is 17.3. The van der Waals surface area contributed by atoms with Gasteiger partial charge in [0.15, 0.2) is 0 Å². The molecule has 0 aliphatic carbocycles. The van der Waals surface area contributed by atoms with Gasteiger partial charge in [-0.3, -0.25) is 4.79 Å². The minimum atomic E-state index is -1.30. The van der Waals surface area contributed by atoms with E-state index in [0.29, 0.717) is 16.9 Å². The van der Waals surface area contributed by atoms with E-state index >= 15 is 0 Å². The first-order chi connectivity index (χ1) is 13.7. The molecule has 6 nitrogen and oxygen atoms in total. The van der Waals surface area contributed by atoms with Crippen LogP contribution in [-0.4, -0.2) is 31.2 Å². The van der Waals surface area contributed by atoms with Crippen LogP contribution in [-0.2, 0) is 22.5 Å². The molecule has 1 amide bonds. The van der Waals surface area contributed by atoms with E-state index in [1.807, 2.05) is 0 Å². The molecular weight excluding hydrogens is 424 g/mol. The summed E-state index contributed by atoms with van der Waals surface area (Å²) in [4.78, 5) is 23.6. The number of carbonyl (C=O) groups excluding carboxylic acids is 2. The van der Waals surface area contributed by atoms with Gasteiger partial charge >= 0.3 is 29.6 Å². The Labute approximate surface area is 202 Å². The molecule has 156 valence electrons. The Hall–Kier alpha value is -1.64. The van der Waals surface area contributed by atoms with Crippen LogP contribution >= 0.6 is 11.6 Å². The third-order valence-corrected chi connectivity index (χ3v) is 4.32. The van der Waals surface area contributed by atoms with Crippen molar-refractivity contribution in [3.05, 3.63) is 63.9 Å². The Kier molecular flexibility index (Phi) is 10.8. The first-order valence-corrected chi connectivity index (χ1v) is 9.34. The molecule has 2 aromatic carbocycles. The molecule has 0 spiro atoms. The van der Waals surface area contributed by atoms with Crippen molar-refractivity contribution in [3.63, 3.8) is 0 Å². The second-order valence-corrected chi connectivity index (χ2v) is 7.09. The predicted molar refractivity (Wildman–Crippen MR) is 104 cm³/mol. The van der Waals surface area contributed by atoms with Crippen LogP contribution in [0.5, 0.6) is 5.75 Å². The quantitative estimate of drug-likeness (QED) is 0.526. The first-order valence-electron chi connectivity index (χ1n) is 8.96. The molecule has 0 fully saturated rings. The number of carboxylic acid groups (broad SMARTS) is 1. The second-order valence-electron chi connectivity index (χ2n) is 6.65. The minimum Gasteiger partial charge on any atom is -0.547 e. The number of hydrogen-bond donors (Lipinski definition) is 1. The van der Waals surface area contributed by atoms with Gasteiger partial charge in [0.2, 0.25) is 0 Å². The van der Waals surface area contributed by atoms with Gasteiger partial charge in [-0.05, 0) is 43.7 Å². The van der Waals surface area contributed by atoms with Crippen molar-refractivity contribution in [2.45, 2.75) is 39.0 Å². The molecule has 0 saturated heterocycles. The van der Waals surface area contributed by atoms with Crippen molar-refractivity contribution in [2.24, 2.45) is 0 Å². The summed E-state index contributed by atoms with van der Waals surface area (Å²) in [5.41, 5.74) is 1.14. The zero-order valence-corrected chi connectivity index (χ0v) is 20.1. The van der Waals surface area contributed by atoms with Gasteiger partial charge in [0.05, 0.1) is 24.7 Å². The monoisotopic (exact) mass is 445 g/mol. The third kappa shape index (κ3) is 7.56. The fourth-order valence-corrected chi connectivity index (χ4v) is 2.93. The Bertz CT molecular complexity index is 894. The zero-order chi connectivity index (χ0) is 21.6. The molecule has 2 aromatic rings. The summed E-state index contributed by atoms with van der Waals surface area (Å²) < 4.78 is 24.6. The van der Waals surface area contributed by atoms with E-state index in [0.717, 1.165) is 6.07 Å². The number of nitrogens with one attached hydrogen (secondary N) is 1. The van der Waals surface area contributed by atoms with Crippen molar-refractivity contribution in [1.82, 2.24) is 5.32 Å². The summed E-state index contributed by atoms with van der Waals surface area (Å²) in [6.07, 6.45) is -1.28. The summed E-state index contributed by atoms with van der Waals surface area (Å²) >= 11 is 5.70. The van der Waals surface area contributed by atoms with Gasteiger partial charge in [0.25, 0.3) is 5.91 Å². The Balaban J connectivity index is 0.00000450. The number of carbonyl (C=O) groups is 2. The summed E-state index contributed by atoms with van der Waals surface area (Å²) in [5, 5.41) is 14.1. The molecule has 30 heavy (non-hydrogen) atoms. The Morgan fingerprint density at radius 2 is 1.90 bits per heavy atom. The van der Waals surface area contributed by atoms with Crippen LogP contribution in [0.2, 0.25) is 5.02 Å². The number of ether oxygens (including phenoxy) is 2. The molecule has 2 rings (SSSR count).